The molecule has 0 spiro atoms. The van der Waals surface area contributed by atoms with Crippen molar-refractivity contribution >= 4 is 21.6 Å². The molecule has 2 aliphatic rings. The minimum atomic E-state index is -3.60. The average molecular weight is 472 g/mol. The molecule has 1 fully saturated rings. The fraction of sp³-hybridized carbons (Fsp3) is 0.480. The Balaban J connectivity index is 1.49. The van der Waals surface area contributed by atoms with Gasteiger partial charge in [0.15, 0.2) is 0 Å². The van der Waals surface area contributed by atoms with Gasteiger partial charge in [-0.05, 0) is 68.5 Å². The third-order valence-corrected chi connectivity index (χ3v) is 8.56. The standard InChI is InChI=1S/C25H33N3O4S/c1-27(23-12-8-10-19-9-4-5-11-21(19)23)18-25(29)26-22-17-20(13-14-24(22)32-2)33(30,31)28-15-6-3-7-16-28/h4-5,9,11,13-14,17,23H,3,6-8,10,12,15-16,18H2,1-2H3,(H,26,29). The number of hydrogen-bond acceptors (Lipinski definition) is 5. The first kappa shape index (κ1) is 23.7. The molecule has 33 heavy (non-hydrogen) atoms. The molecule has 0 saturated carbocycles. The average Bonchev–Trinajstić information content (AvgIpc) is 2.84. The maximum atomic E-state index is 13.1. The summed E-state index contributed by atoms with van der Waals surface area (Å²) in [5, 5.41) is 2.88. The number of fused-ring (bicyclic) bond motifs is 1. The van der Waals surface area contributed by atoms with Crippen LogP contribution in [0, 0.1) is 0 Å². The van der Waals surface area contributed by atoms with Crippen LogP contribution in [0.4, 0.5) is 5.69 Å². The summed E-state index contributed by atoms with van der Waals surface area (Å²) in [5.41, 5.74) is 3.00. The molecular formula is C25H33N3O4S. The highest BCUT2D eigenvalue weighted by atomic mass is 32.2. The first-order valence-corrected chi connectivity index (χ1v) is 13.1. The van der Waals surface area contributed by atoms with E-state index in [1.165, 1.54) is 28.6 Å². The summed E-state index contributed by atoms with van der Waals surface area (Å²) in [5.74, 6) is 0.234. The Kier molecular flexibility index (Phi) is 7.36. The number of methoxy groups -OCH3 is 1. The van der Waals surface area contributed by atoms with E-state index in [2.05, 4.69) is 28.4 Å². The quantitative estimate of drug-likeness (QED) is 0.664. The number of nitrogens with zero attached hydrogens (tertiary/aromatic N) is 2. The highest BCUT2D eigenvalue weighted by molar-refractivity contribution is 7.89. The summed E-state index contributed by atoms with van der Waals surface area (Å²) in [6.07, 6.45) is 5.97. The number of nitrogens with one attached hydrogen (secondary N) is 1. The number of ether oxygens (including phenoxy) is 1. The lowest BCUT2D eigenvalue weighted by Gasteiger charge is -2.33. The van der Waals surface area contributed by atoms with Gasteiger partial charge in [-0.2, -0.15) is 4.31 Å². The van der Waals surface area contributed by atoms with Crippen LogP contribution in [-0.4, -0.2) is 57.3 Å². The number of likely N-dealkylation sites (N-methyl/N-ethyl adjacent to an activating group) is 1. The molecule has 2 aromatic carbocycles. The lowest BCUT2D eigenvalue weighted by Crippen LogP contribution is -2.36. The van der Waals surface area contributed by atoms with Gasteiger partial charge in [0.2, 0.25) is 15.9 Å². The van der Waals surface area contributed by atoms with Crippen molar-refractivity contribution in [1.29, 1.82) is 0 Å². The molecular weight excluding hydrogens is 438 g/mol. The van der Waals surface area contributed by atoms with E-state index in [1.54, 1.807) is 12.1 Å². The Morgan fingerprint density at radius 1 is 1.12 bits per heavy atom. The molecule has 4 rings (SSSR count). The number of amides is 1. The summed E-state index contributed by atoms with van der Waals surface area (Å²) < 4.78 is 33.1. The van der Waals surface area contributed by atoms with Crippen molar-refractivity contribution in [3.63, 3.8) is 0 Å². The maximum Gasteiger partial charge on any atom is 0.243 e. The van der Waals surface area contributed by atoms with Crippen molar-refractivity contribution in [2.75, 3.05) is 39.1 Å². The number of sulfonamides is 1. The normalized spacial score (nSPS) is 19.2. The third-order valence-electron chi connectivity index (χ3n) is 6.66. The Bertz CT molecular complexity index is 1100. The number of rotatable bonds is 7. The lowest BCUT2D eigenvalue weighted by molar-refractivity contribution is -0.117. The molecule has 8 heteroatoms. The number of aryl methyl sites for hydroxylation is 1. The summed E-state index contributed by atoms with van der Waals surface area (Å²) in [6.45, 7) is 1.26. The third kappa shape index (κ3) is 5.23. The second-order valence-corrected chi connectivity index (χ2v) is 10.8. The summed E-state index contributed by atoms with van der Waals surface area (Å²) >= 11 is 0. The van der Waals surface area contributed by atoms with Gasteiger partial charge in [0, 0.05) is 19.1 Å². The van der Waals surface area contributed by atoms with Crippen molar-refractivity contribution in [3.8, 4) is 5.75 Å². The molecule has 0 radical (unpaired) electrons. The summed E-state index contributed by atoms with van der Waals surface area (Å²) in [7, 11) is -0.135. The van der Waals surface area contributed by atoms with Gasteiger partial charge >= 0.3 is 0 Å². The van der Waals surface area contributed by atoms with Crippen LogP contribution in [0.1, 0.15) is 49.3 Å². The van der Waals surface area contributed by atoms with Crippen molar-refractivity contribution in [1.82, 2.24) is 9.21 Å². The Morgan fingerprint density at radius 2 is 1.88 bits per heavy atom. The van der Waals surface area contributed by atoms with E-state index < -0.39 is 10.0 Å². The van der Waals surface area contributed by atoms with E-state index in [1.807, 2.05) is 13.1 Å². The smallest absolute Gasteiger partial charge is 0.243 e. The Hall–Kier alpha value is -2.42. The minimum Gasteiger partial charge on any atom is -0.495 e. The zero-order valence-corrected chi connectivity index (χ0v) is 20.2. The zero-order chi connectivity index (χ0) is 23.4. The number of benzene rings is 2. The number of carbonyl (C=O) groups excluding carboxylic acids is 1. The van der Waals surface area contributed by atoms with Crippen molar-refractivity contribution in [2.45, 2.75) is 49.5 Å². The van der Waals surface area contributed by atoms with Gasteiger partial charge in [-0.3, -0.25) is 9.69 Å². The molecule has 1 amide bonds. The monoisotopic (exact) mass is 471 g/mol. The molecule has 1 N–H and O–H groups in total. The van der Waals surface area contributed by atoms with Gasteiger partial charge in [0.1, 0.15) is 5.75 Å². The molecule has 178 valence electrons. The zero-order valence-electron chi connectivity index (χ0n) is 19.4. The van der Waals surface area contributed by atoms with Crippen LogP contribution in [0.25, 0.3) is 0 Å². The highest BCUT2D eigenvalue weighted by Crippen LogP contribution is 2.34. The SMILES string of the molecule is COc1ccc(S(=O)(=O)N2CCCCC2)cc1NC(=O)CN(C)C1CCCc2ccccc21. The molecule has 1 saturated heterocycles. The van der Waals surface area contributed by atoms with Crippen LogP contribution in [0.5, 0.6) is 5.75 Å². The second-order valence-electron chi connectivity index (χ2n) is 8.90. The number of carbonyl (C=O) groups is 1. The van der Waals surface area contributed by atoms with Gasteiger partial charge in [0.05, 0.1) is 24.2 Å². The van der Waals surface area contributed by atoms with Gasteiger partial charge < -0.3 is 10.1 Å². The van der Waals surface area contributed by atoms with Crippen LogP contribution < -0.4 is 10.1 Å². The predicted molar refractivity (Wildman–Crippen MR) is 129 cm³/mol. The van der Waals surface area contributed by atoms with E-state index in [0.29, 0.717) is 24.5 Å². The van der Waals surface area contributed by atoms with Crippen LogP contribution >= 0.6 is 0 Å². The Labute approximate surface area is 196 Å². The van der Waals surface area contributed by atoms with Crippen LogP contribution in [0.15, 0.2) is 47.4 Å². The van der Waals surface area contributed by atoms with E-state index in [-0.39, 0.29) is 23.4 Å². The topological polar surface area (TPSA) is 79.0 Å². The van der Waals surface area contributed by atoms with Crippen LogP contribution in [0.3, 0.4) is 0 Å². The molecule has 1 aliphatic heterocycles. The Morgan fingerprint density at radius 3 is 2.64 bits per heavy atom. The molecule has 1 heterocycles. The van der Waals surface area contributed by atoms with E-state index in [9.17, 15) is 13.2 Å². The van der Waals surface area contributed by atoms with Crippen LogP contribution in [-0.2, 0) is 21.2 Å². The maximum absolute atomic E-state index is 13.1. The molecule has 2 aromatic rings. The molecule has 1 unspecified atom stereocenters. The number of hydrogen-bond donors (Lipinski definition) is 1. The molecule has 7 nitrogen and oxygen atoms in total. The van der Waals surface area contributed by atoms with Crippen LogP contribution in [0.2, 0.25) is 0 Å². The number of piperidine rings is 1. The minimum absolute atomic E-state index is 0.176. The highest BCUT2D eigenvalue weighted by Gasteiger charge is 2.28. The van der Waals surface area contributed by atoms with Crippen molar-refractivity contribution < 1.29 is 17.9 Å². The first-order valence-electron chi connectivity index (χ1n) is 11.7. The van der Waals surface area contributed by atoms with Crippen molar-refractivity contribution in [2.24, 2.45) is 0 Å². The molecule has 1 aliphatic carbocycles. The fourth-order valence-corrected chi connectivity index (χ4v) is 6.46. The van der Waals surface area contributed by atoms with Crippen molar-refractivity contribution in [3.05, 3.63) is 53.6 Å². The second kappa shape index (κ2) is 10.2. The summed E-state index contributed by atoms with van der Waals surface area (Å²) in [6, 6.07) is 13.3. The van der Waals surface area contributed by atoms with E-state index in [0.717, 1.165) is 38.5 Å². The first-order chi connectivity index (χ1) is 15.9. The largest absolute Gasteiger partial charge is 0.495 e. The molecule has 1 atom stereocenters. The molecule has 0 bridgehead atoms. The summed E-state index contributed by atoms with van der Waals surface area (Å²) in [4.78, 5) is 15.2. The fourth-order valence-electron chi connectivity index (χ4n) is 4.91. The van der Waals surface area contributed by atoms with Gasteiger partial charge in [-0.1, -0.05) is 30.7 Å². The van der Waals surface area contributed by atoms with E-state index in [4.69, 9.17) is 4.74 Å². The van der Waals surface area contributed by atoms with Gasteiger partial charge in [-0.25, -0.2) is 8.42 Å². The van der Waals surface area contributed by atoms with E-state index >= 15 is 0 Å². The lowest BCUT2D eigenvalue weighted by atomic mass is 9.87. The predicted octanol–water partition coefficient (Wildman–Crippen LogP) is 3.82. The number of anilines is 1. The van der Waals surface area contributed by atoms with Gasteiger partial charge in [-0.15, -0.1) is 0 Å². The van der Waals surface area contributed by atoms with Gasteiger partial charge in [0.25, 0.3) is 0 Å². The molecule has 0 aromatic heterocycles.